The van der Waals surface area contributed by atoms with E-state index < -0.39 is 0 Å². The zero-order chi connectivity index (χ0) is 15.7. The van der Waals surface area contributed by atoms with E-state index in [1.165, 1.54) is 0 Å². The van der Waals surface area contributed by atoms with Gasteiger partial charge in [-0.15, -0.1) is 0 Å². The van der Waals surface area contributed by atoms with Crippen LogP contribution < -0.4 is 19.9 Å². The van der Waals surface area contributed by atoms with Crippen LogP contribution in [0.2, 0.25) is 0 Å². The van der Waals surface area contributed by atoms with Crippen molar-refractivity contribution in [1.82, 2.24) is 9.97 Å². The SMILES string of the molecule is COc1cc(-c2nc(N)nc3c2CCC3)cc(OC)c1OC. The number of benzene rings is 1. The molecule has 1 aromatic heterocycles. The highest BCUT2D eigenvalue weighted by Gasteiger charge is 2.22. The Morgan fingerprint density at radius 1 is 0.955 bits per heavy atom. The summed E-state index contributed by atoms with van der Waals surface area (Å²) < 4.78 is 16.2. The van der Waals surface area contributed by atoms with E-state index >= 15 is 0 Å². The lowest BCUT2D eigenvalue weighted by atomic mass is 10.0. The van der Waals surface area contributed by atoms with Crippen molar-refractivity contribution < 1.29 is 14.2 Å². The monoisotopic (exact) mass is 301 g/mol. The van der Waals surface area contributed by atoms with Crippen LogP contribution in [-0.2, 0) is 12.8 Å². The fourth-order valence-electron chi connectivity index (χ4n) is 2.91. The number of hydrogen-bond donors (Lipinski definition) is 1. The Morgan fingerprint density at radius 2 is 1.64 bits per heavy atom. The van der Waals surface area contributed by atoms with E-state index in [2.05, 4.69) is 9.97 Å². The summed E-state index contributed by atoms with van der Waals surface area (Å²) in [5.74, 6) is 2.05. The van der Waals surface area contributed by atoms with Gasteiger partial charge < -0.3 is 19.9 Å². The molecular weight excluding hydrogens is 282 g/mol. The highest BCUT2D eigenvalue weighted by molar-refractivity contribution is 5.72. The summed E-state index contributed by atoms with van der Waals surface area (Å²) in [6.07, 6.45) is 2.98. The number of aromatic nitrogens is 2. The van der Waals surface area contributed by atoms with Crippen LogP contribution in [0.1, 0.15) is 17.7 Å². The summed E-state index contributed by atoms with van der Waals surface area (Å²) in [5.41, 5.74) is 9.79. The largest absolute Gasteiger partial charge is 0.493 e. The van der Waals surface area contributed by atoms with Crippen LogP contribution in [0.25, 0.3) is 11.3 Å². The third-order valence-corrected chi connectivity index (χ3v) is 3.89. The smallest absolute Gasteiger partial charge is 0.220 e. The molecule has 116 valence electrons. The lowest BCUT2D eigenvalue weighted by Gasteiger charge is -2.15. The molecule has 0 spiro atoms. The van der Waals surface area contributed by atoms with Crippen molar-refractivity contribution in [1.29, 1.82) is 0 Å². The highest BCUT2D eigenvalue weighted by atomic mass is 16.5. The number of rotatable bonds is 4. The Kier molecular flexibility index (Phi) is 3.75. The minimum absolute atomic E-state index is 0.296. The number of hydrogen-bond acceptors (Lipinski definition) is 6. The molecule has 0 amide bonds. The topological polar surface area (TPSA) is 79.5 Å². The molecule has 0 fully saturated rings. The average molecular weight is 301 g/mol. The van der Waals surface area contributed by atoms with Crippen LogP contribution in [0.5, 0.6) is 17.2 Å². The second-order valence-corrected chi connectivity index (χ2v) is 5.12. The summed E-state index contributed by atoms with van der Waals surface area (Å²) in [5, 5.41) is 0. The molecule has 3 rings (SSSR count). The van der Waals surface area contributed by atoms with Crippen LogP contribution in [-0.4, -0.2) is 31.3 Å². The van der Waals surface area contributed by atoms with Crippen LogP contribution in [0.4, 0.5) is 5.95 Å². The third-order valence-electron chi connectivity index (χ3n) is 3.89. The molecule has 2 aromatic rings. The van der Waals surface area contributed by atoms with Crippen molar-refractivity contribution in [3.8, 4) is 28.5 Å². The van der Waals surface area contributed by atoms with Crippen molar-refractivity contribution in [3.05, 3.63) is 23.4 Å². The fourth-order valence-corrected chi connectivity index (χ4v) is 2.91. The molecule has 0 bridgehead atoms. The normalized spacial score (nSPS) is 12.9. The molecule has 1 heterocycles. The van der Waals surface area contributed by atoms with Gasteiger partial charge >= 0.3 is 0 Å². The van der Waals surface area contributed by atoms with Gasteiger partial charge in [0, 0.05) is 16.8 Å². The van der Waals surface area contributed by atoms with Gasteiger partial charge in [-0.05, 0) is 31.4 Å². The first-order chi connectivity index (χ1) is 10.7. The minimum Gasteiger partial charge on any atom is -0.493 e. The number of fused-ring (bicyclic) bond motifs is 1. The number of aryl methyl sites for hydroxylation is 1. The number of anilines is 1. The predicted octanol–water partition coefficient (Wildman–Crippen LogP) is 2.24. The minimum atomic E-state index is 0.296. The first-order valence-corrected chi connectivity index (χ1v) is 7.13. The standard InChI is InChI=1S/C16H19N3O3/c1-20-12-7-9(8-13(21-2)15(12)22-3)14-10-5-4-6-11(10)18-16(17)19-14/h7-8H,4-6H2,1-3H3,(H2,17,18,19). The van der Waals surface area contributed by atoms with Crippen LogP contribution in [0.3, 0.4) is 0 Å². The van der Waals surface area contributed by atoms with E-state index in [0.717, 1.165) is 41.8 Å². The molecule has 1 aliphatic rings. The Bertz CT molecular complexity index is 691. The van der Waals surface area contributed by atoms with Crippen molar-refractivity contribution in [2.24, 2.45) is 0 Å². The number of ether oxygens (including phenoxy) is 3. The molecule has 0 saturated carbocycles. The summed E-state index contributed by atoms with van der Waals surface area (Å²) in [7, 11) is 4.78. The molecule has 2 N–H and O–H groups in total. The van der Waals surface area contributed by atoms with E-state index in [1.807, 2.05) is 12.1 Å². The maximum absolute atomic E-state index is 5.86. The maximum atomic E-state index is 5.86. The molecule has 0 radical (unpaired) electrons. The van der Waals surface area contributed by atoms with Crippen molar-refractivity contribution in [3.63, 3.8) is 0 Å². The van der Waals surface area contributed by atoms with E-state index in [-0.39, 0.29) is 0 Å². The molecule has 6 heteroatoms. The Labute approximate surface area is 129 Å². The van der Waals surface area contributed by atoms with Crippen molar-refractivity contribution in [2.75, 3.05) is 27.1 Å². The summed E-state index contributed by atoms with van der Waals surface area (Å²) >= 11 is 0. The predicted molar refractivity (Wildman–Crippen MR) is 83.6 cm³/mol. The lowest BCUT2D eigenvalue weighted by molar-refractivity contribution is 0.324. The number of methoxy groups -OCH3 is 3. The van der Waals surface area contributed by atoms with Gasteiger partial charge in [-0.1, -0.05) is 0 Å². The van der Waals surface area contributed by atoms with Gasteiger partial charge in [0.15, 0.2) is 11.5 Å². The van der Waals surface area contributed by atoms with Gasteiger partial charge in [-0.2, -0.15) is 0 Å². The second-order valence-electron chi connectivity index (χ2n) is 5.12. The molecule has 6 nitrogen and oxygen atoms in total. The molecule has 1 aromatic carbocycles. The van der Waals surface area contributed by atoms with Gasteiger partial charge in [-0.3, -0.25) is 0 Å². The molecule has 0 unspecified atom stereocenters. The first kappa shape index (κ1) is 14.4. The molecule has 0 aliphatic heterocycles. The third kappa shape index (κ3) is 2.30. The molecule has 22 heavy (non-hydrogen) atoms. The molecule has 0 atom stereocenters. The van der Waals surface area contributed by atoms with E-state index in [4.69, 9.17) is 19.9 Å². The first-order valence-electron chi connectivity index (χ1n) is 7.13. The van der Waals surface area contributed by atoms with Crippen LogP contribution in [0.15, 0.2) is 12.1 Å². The molecule has 1 aliphatic carbocycles. The summed E-state index contributed by atoms with van der Waals surface area (Å²) in [4.78, 5) is 8.77. The Hall–Kier alpha value is -2.50. The van der Waals surface area contributed by atoms with Gasteiger partial charge in [-0.25, -0.2) is 9.97 Å². The number of nitrogens with two attached hydrogens (primary N) is 1. The zero-order valence-corrected chi connectivity index (χ0v) is 13.0. The number of nitrogens with zero attached hydrogens (tertiary/aromatic N) is 2. The van der Waals surface area contributed by atoms with E-state index in [0.29, 0.717) is 23.2 Å². The maximum Gasteiger partial charge on any atom is 0.220 e. The van der Waals surface area contributed by atoms with Gasteiger partial charge in [0.1, 0.15) is 0 Å². The highest BCUT2D eigenvalue weighted by Crippen LogP contribution is 2.42. The van der Waals surface area contributed by atoms with E-state index in [1.54, 1.807) is 21.3 Å². The molecule has 0 saturated heterocycles. The van der Waals surface area contributed by atoms with E-state index in [9.17, 15) is 0 Å². The second kappa shape index (κ2) is 5.71. The quantitative estimate of drug-likeness (QED) is 0.933. The average Bonchev–Trinajstić information content (AvgIpc) is 3.00. The summed E-state index contributed by atoms with van der Waals surface area (Å²) in [6, 6.07) is 3.78. The lowest BCUT2D eigenvalue weighted by Crippen LogP contribution is -2.03. The fraction of sp³-hybridized carbons (Fsp3) is 0.375. The zero-order valence-electron chi connectivity index (χ0n) is 13.0. The van der Waals surface area contributed by atoms with Crippen molar-refractivity contribution >= 4 is 5.95 Å². The Morgan fingerprint density at radius 3 is 2.23 bits per heavy atom. The van der Waals surface area contributed by atoms with Gasteiger partial charge in [0.25, 0.3) is 0 Å². The van der Waals surface area contributed by atoms with Crippen molar-refractivity contribution in [2.45, 2.75) is 19.3 Å². The van der Waals surface area contributed by atoms with Gasteiger partial charge in [0.05, 0.1) is 27.0 Å². The van der Waals surface area contributed by atoms with Crippen LogP contribution in [0, 0.1) is 0 Å². The van der Waals surface area contributed by atoms with Crippen LogP contribution >= 0.6 is 0 Å². The summed E-state index contributed by atoms with van der Waals surface area (Å²) in [6.45, 7) is 0. The number of nitrogen functional groups attached to an aromatic ring is 1. The molecular formula is C16H19N3O3. The Balaban J connectivity index is 2.21. The van der Waals surface area contributed by atoms with Gasteiger partial charge in [0.2, 0.25) is 11.7 Å².